The topological polar surface area (TPSA) is 26.8 Å². The van der Waals surface area contributed by atoms with Crippen LogP contribution in [0.5, 0.6) is 0 Å². The van der Waals surface area contributed by atoms with Gasteiger partial charge in [-0.15, -0.1) is 0 Å². The molecule has 0 bridgehead atoms. The number of piperidine rings is 1. The lowest BCUT2D eigenvalue weighted by molar-refractivity contribution is 0.0650. The molecule has 2 saturated heterocycles. The Morgan fingerprint density at radius 2 is 1.68 bits per heavy atom. The van der Waals surface area contributed by atoms with E-state index in [1.54, 1.807) is 0 Å². The number of rotatable bonds is 6. The van der Waals surface area contributed by atoms with Crippen molar-refractivity contribution in [2.45, 2.75) is 26.3 Å². The average Bonchev–Trinajstić information content (AvgIpc) is 2.80. The van der Waals surface area contributed by atoms with Crippen molar-refractivity contribution in [1.29, 1.82) is 0 Å². The van der Waals surface area contributed by atoms with E-state index in [1.165, 1.54) is 37.1 Å². The maximum absolute atomic E-state index is 12.9. The fraction of sp³-hybridized carbons (Fsp3) is 0.444. The molecule has 1 atom stereocenters. The molecule has 0 spiro atoms. The highest BCUT2D eigenvalue weighted by molar-refractivity contribution is 5.94. The van der Waals surface area contributed by atoms with Gasteiger partial charge in [0, 0.05) is 51.4 Å². The summed E-state index contributed by atoms with van der Waals surface area (Å²) in [5.41, 5.74) is 3.35. The smallest absolute Gasteiger partial charge is 0.253 e. The van der Waals surface area contributed by atoms with Crippen molar-refractivity contribution in [3.8, 4) is 0 Å². The third-order valence-electron chi connectivity index (χ3n) is 6.48. The number of likely N-dealkylation sites (tertiary alicyclic amines) is 1. The third-order valence-corrected chi connectivity index (χ3v) is 6.48. The highest BCUT2D eigenvalue weighted by atomic mass is 16.2. The Morgan fingerprint density at radius 3 is 2.39 bits per heavy atom. The average molecular weight is 418 g/mol. The Labute approximate surface area is 187 Å². The normalized spacial score (nSPS) is 20.9. The molecule has 0 radical (unpaired) electrons. The lowest BCUT2D eigenvalue weighted by Crippen LogP contribution is -2.48. The zero-order chi connectivity index (χ0) is 21.5. The van der Waals surface area contributed by atoms with E-state index in [2.05, 4.69) is 65.3 Å². The second-order valence-electron chi connectivity index (χ2n) is 9.09. The number of amides is 1. The van der Waals surface area contributed by atoms with Gasteiger partial charge in [0.1, 0.15) is 0 Å². The molecule has 164 valence electrons. The summed E-state index contributed by atoms with van der Waals surface area (Å²) >= 11 is 0. The highest BCUT2D eigenvalue weighted by Gasteiger charge is 2.22. The van der Waals surface area contributed by atoms with Gasteiger partial charge in [-0.3, -0.25) is 14.6 Å². The minimum atomic E-state index is 0.164. The Hall–Kier alpha value is -2.43. The molecule has 2 aromatic carbocycles. The molecular formula is C27H35N3O. The molecule has 2 aromatic rings. The Morgan fingerprint density at radius 1 is 0.935 bits per heavy atom. The molecule has 2 heterocycles. The highest BCUT2D eigenvalue weighted by Crippen LogP contribution is 2.18. The number of piperazine rings is 1. The zero-order valence-corrected chi connectivity index (χ0v) is 18.7. The van der Waals surface area contributed by atoms with Crippen molar-refractivity contribution in [2.24, 2.45) is 5.92 Å². The Balaban J connectivity index is 1.23. The Bertz CT molecular complexity index is 854. The first-order chi connectivity index (χ1) is 15.2. The predicted octanol–water partition coefficient (Wildman–Crippen LogP) is 4.39. The number of hydrogen-bond acceptors (Lipinski definition) is 3. The number of nitrogens with zero attached hydrogens (tertiary/aromatic N) is 3. The first kappa shape index (κ1) is 21.8. The molecule has 0 unspecified atom stereocenters. The molecule has 0 aromatic heterocycles. The largest absolute Gasteiger partial charge is 0.336 e. The van der Waals surface area contributed by atoms with Crippen LogP contribution < -0.4 is 0 Å². The first-order valence-corrected chi connectivity index (χ1v) is 11.7. The lowest BCUT2D eigenvalue weighted by Gasteiger charge is -2.34. The van der Waals surface area contributed by atoms with Gasteiger partial charge in [0.25, 0.3) is 5.91 Å². The van der Waals surface area contributed by atoms with E-state index >= 15 is 0 Å². The van der Waals surface area contributed by atoms with Gasteiger partial charge in [0.05, 0.1) is 0 Å². The van der Waals surface area contributed by atoms with Crippen LogP contribution in [-0.4, -0.2) is 66.4 Å². The number of carbonyl (C=O) groups is 1. The van der Waals surface area contributed by atoms with Crippen molar-refractivity contribution in [2.75, 3.05) is 45.8 Å². The number of benzene rings is 2. The molecule has 2 aliphatic rings. The molecule has 1 amide bonds. The van der Waals surface area contributed by atoms with Gasteiger partial charge < -0.3 is 4.90 Å². The van der Waals surface area contributed by atoms with Gasteiger partial charge in [-0.25, -0.2) is 0 Å². The molecule has 31 heavy (non-hydrogen) atoms. The van der Waals surface area contributed by atoms with Crippen LogP contribution in [-0.2, 0) is 6.54 Å². The van der Waals surface area contributed by atoms with Gasteiger partial charge in [-0.2, -0.15) is 0 Å². The maximum atomic E-state index is 12.9. The monoisotopic (exact) mass is 417 g/mol. The standard InChI is InChI=1S/C27H35N3O/c1-23-7-5-16-29(21-23)22-25-11-13-26(14-12-25)27(31)30-19-17-28(18-20-30)15-6-10-24-8-3-2-4-9-24/h2-4,6,8-14,23H,5,7,15-22H2,1H3/b10-6+/t23-/m0/s1. The summed E-state index contributed by atoms with van der Waals surface area (Å²) in [5.74, 6) is 0.958. The maximum Gasteiger partial charge on any atom is 0.253 e. The van der Waals surface area contributed by atoms with Crippen LogP contribution in [0.3, 0.4) is 0 Å². The van der Waals surface area contributed by atoms with Crippen LogP contribution in [0.15, 0.2) is 60.7 Å². The van der Waals surface area contributed by atoms with E-state index in [4.69, 9.17) is 0 Å². The molecule has 4 nitrogen and oxygen atoms in total. The second kappa shape index (κ2) is 10.7. The molecule has 0 aliphatic carbocycles. The minimum absolute atomic E-state index is 0.164. The van der Waals surface area contributed by atoms with Gasteiger partial charge >= 0.3 is 0 Å². The first-order valence-electron chi connectivity index (χ1n) is 11.7. The summed E-state index contributed by atoms with van der Waals surface area (Å²) in [5, 5.41) is 0. The second-order valence-corrected chi connectivity index (χ2v) is 9.09. The fourth-order valence-electron chi connectivity index (χ4n) is 4.66. The fourth-order valence-corrected chi connectivity index (χ4v) is 4.66. The van der Waals surface area contributed by atoms with E-state index in [0.29, 0.717) is 0 Å². The summed E-state index contributed by atoms with van der Waals surface area (Å²) in [7, 11) is 0. The molecule has 0 N–H and O–H groups in total. The van der Waals surface area contributed by atoms with Crippen LogP contribution in [0, 0.1) is 5.92 Å². The van der Waals surface area contributed by atoms with E-state index in [9.17, 15) is 4.79 Å². The van der Waals surface area contributed by atoms with Crippen molar-refractivity contribution in [3.63, 3.8) is 0 Å². The zero-order valence-electron chi connectivity index (χ0n) is 18.7. The molecule has 0 saturated carbocycles. The van der Waals surface area contributed by atoms with E-state index in [0.717, 1.165) is 50.7 Å². The van der Waals surface area contributed by atoms with Crippen LogP contribution in [0.25, 0.3) is 6.08 Å². The van der Waals surface area contributed by atoms with Gasteiger partial charge in [-0.05, 0) is 48.6 Å². The van der Waals surface area contributed by atoms with Crippen LogP contribution in [0.2, 0.25) is 0 Å². The molecule has 2 fully saturated rings. The van der Waals surface area contributed by atoms with Gasteiger partial charge in [0.15, 0.2) is 0 Å². The molecule has 4 rings (SSSR count). The van der Waals surface area contributed by atoms with Crippen LogP contribution >= 0.6 is 0 Å². The predicted molar refractivity (Wildman–Crippen MR) is 128 cm³/mol. The molecular weight excluding hydrogens is 382 g/mol. The van der Waals surface area contributed by atoms with Crippen molar-refractivity contribution in [3.05, 3.63) is 77.4 Å². The van der Waals surface area contributed by atoms with Crippen LogP contribution in [0.1, 0.15) is 41.3 Å². The van der Waals surface area contributed by atoms with Crippen molar-refractivity contribution in [1.82, 2.24) is 14.7 Å². The molecule has 4 heteroatoms. The summed E-state index contributed by atoms with van der Waals surface area (Å²) in [6, 6.07) is 18.7. The summed E-state index contributed by atoms with van der Waals surface area (Å²) in [6.45, 7) is 10.1. The van der Waals surface area contributed by atoms with E-state index in [1.807, 2.05) is 23.1 Å². The minimum Gasteiger partial charge on any atom is -0.336 e. The van der Waals surface area contributed by atoms with E-state index in [-0.39, 0.29) is 5.91 Å². The lowest BCUT2D eigenvalue weighted by atomic mass is 9.99. The number of carbonyl (C=O) groups excluding carboxylic acids is 1. The van der Waals surface area contributed by atoms with E-state index < -0.39 is 0 Å². The third kappa shape index (κ3) is 6.28. The Kier molecular flexibility index (Phi) is 7.55. The van der Waals surface area contributed by atoms with Gasteiger partial charge in [0.2, 0.25) is 0 Å². The van der Waals surface area contributed by atoms with Crippen molar-refractivity contribution >= 4 is 12.0 Å². The van der Waals surface area contributed by atoms with Gasteiger partial charge in [-0.1, -0.05) is 61.5 Å². The molecule has 2 aliphatic heterocycles. The summed E-state index contributed by atoms with van der Waals surface area (Å²) in [4.78, 5) is 19.9. The number of hydrogen-bond donors (Lipinski definition) is 0. The summed E-state index contributed by atoms with van der Waals surface area (Å²) in [6.07, 6.45) is 7.03. The quantitative estimate of drug-likeness (QED) is 0.697. The summed E-state index contributed by atoms with van der Waals surface area (Å²) < 4.78 is 0. The van der Waals surface area contributed by atoms with Crippen LogP contribution in [0.4, 0.5) is 0 Å². The van der Waals surface area contributed by atoms with Crippen molar-refractivity contribution < 1.29 is 4.79 Å². The SMILES string of the molecule is C[C@H]1CCCN(Cc2ccc(C(=O)N3CCN(C/C=C/c4ccccc4)CC3)cc2)C1.